The van der Waals surface area contributed by atoms with E-state index in [-0.39, 0.29) is 17.3 Å². The van der Waals surface area contributed by atoms with Crippen LogP contribution in [0.4, 0.5) is 0 Å². The second-order valence-corrected chi connectivity index (χ2v) is 7.51. The average Bonchev–Trinajstić information content (AvgIpc) is 2.73. The van der Waals surface area contributed by atoms with Crippen molar-refractivity contribution in [3.8, 4) is 23.0 Å². The molecule has 0 heterocycles. The number of hydrogen-bond donors (Lipinski definition) is 2. The number of rotatable bonds is 14. The normalized spacial score (nSPS) is 10.7. The molecule has 0 aliphatic rings. The van der Waals surface area contributed by atoms with Gasteiger partial charge in [-0.15, -0.1) is 0 Å². The maximum absolute atomic E-state index is 13.3. The first kappa shape index (κ1) is 23.6. The fraction of sp³-hybridized carbons (Fsp3) is 0.480. The molecule has 0 aliphatic heterocycles. The molecule has 0 fully saturated rings. The predicted molar refractivity (Wildman–Crippen MR) is 119 cm³/mol. The highest BCUT2D eigenvalue weighted by molar-refractivity contribution is 6.12. The molecule has 0 saturated heterocycles. The quantitative estimate of drug-likeness (QED) is 0.282. The third-order valence-electron chi connectivity index (χ3n) is 4.93. The van der Waals surface area contributed by atoms with Gasteiger partial charge in [-0.2, -0.15) is 0 Å². The zero-order valence-corrected chi connectivity index (χ0v) is 18.2. The van der Waals surface area contributed by atoms with E-state index in [4.69, 9.17) is 9.47 Å². The van der Waals surface area contributed by atoms with E-state index in [1.165, 1.54) is 24.3 Å². The van der Waals surface area contributed by atoms with Crippen LogP contribution in [-0.2, 0) is 0 Å². The zero-order chi connectivity index (χ0) is 21.8. The van der Waals surface area contributed by atoms with Gasteiger partial charge in [0.25, 0.3) is 0 Å². The molecule has 0 unspecified atom stereocenters. The summed E-state index contributed by atoms with van der Waals surface area (Å²) in [4.78, 5) is 13.3. The number of ketones is 1. The van der Waals surface area contributed by atoms with Gasteiger partial charge in [0.05, 0.1) is 24.3 Å². The second-order valence-electron chi connectivity index (χ2n) is 7.51. The second kappa shape index (κ2) is 12.8. The molecule has 0 bridgehead atoms. The van der Waals surface area contributed by atoms with E-state index in [1.54, 1.807) is 12.1 Å². The molecule has 2 N–H and O–H groups in total. The van der Waals surface area contributed by atoms with Gasteiger partial charge in [0, 0.05) is 12.1 Å². The zero-order valence-electron chi connectivity index (χ0n) is 18.2. The van der Waals surface area contributed by atoms with Crippen molar-refractivity contribution < 1.29 is 24.5 Å². The third-order valence-corrected chi connectivity index (χ3v) is 4.93. The molecule has 2 aromatic rings. The van der Waals surface area contributed by atoms with Crippen LogP contribution in [0.15, 0.2) is 36.4 Å². The van der Waals surface area contributed by atoms with Gasteiger partial charge in [0.1, 0.15) is 23.0 Å². The van der Waals surface area contributed by atoms with Crippen molar-refractivity contribution in [2.45, 2.75) is 65.2 Å². The first-order chi connectivity index (χ1) is 14.6. The van der Waals surface area contributed by atoms with Crippen LogP contribution in [0.5, 0.6) is 23.0 Å². The number of benzene rings is 2. The Bertz CT molecular complexity index is 735. The molecule has 5 heteroatoms. The number of carbonyl (C=O) groups is 1. The molecule has 30 heavy (non-hydrogen) atoms. The molecule has 0 saturated carbocycles. The van der Waals surface area contributed by atoms with Gasteiger partial charge in [-0.05, 0) is 37.1 Å². The Hall–Kier alpha value is -2.69. The summed E-state index contributed by atoms with van der Waals surface area (Å²) >= 11 is 0. The minimum absolute atomic E-state index is 0.0493. The van der Waals surface area contributed by atoms with Crippen molar-refractivity contribution in [2.75, 3.05) is 13.2 Å². The Morgan fingerprint density at radius 3 is 1.53 bits per heavy atom. The van der Waals surface area contributed by atoms with E-state index < -0.39 is 0 Å². The van der Waals surface area contributed by atoms with Crippen LogP contribution in [0.2, 0.25) is 0 Å². The Labute approximate surface area is 179 Å². The van der Waals surface area contributed by atoms with E-state index in [2.05, 4.69) is 13.8 Å². The molecule has 164 valence electrons. The van der Waals surface area contributed by atoms with Crippen LogP contribution in [0.3, 0.4) is 0 Å². The van der Waals surface area contributed by atoms with Gasteiger partial charge in [-0.3, -0.25) is 4.79 Å². The summed E-state index contributed by atoms with van der Waals surface area (Å²) < 4.78 is 11.7. The molecule has 0 radical (unpaired) electrons. The van der Waals surface area contributed by atoms with Gasteiger partial charge in [0.15, 0.2) is 5.78 Å². The molecular weight excluding hydrogens is 380 g/mol. The summed E-state index contributed by atoms with van der Waals surface area (Å²) in [6.07, 6.45) is 8.46. The Morgan fingerprint density at radius 2 is 1.13 bits per heavy atom. The lowest BCUT2D eigenvalue weighted by Crippen LogP contribution is -2.09. The lowest BCUT2D eigenvalue weighted by Gasteiger charge is -2.14. The van der Waals surface area contributed by atoms with Crippen molar-refractivity contribution >= 4 is 5.78 Å². The van der Waals surface area contributed by atoms with Crippen molar-refractivity contribution in [1.29, 1.82) is 0 Å². The smallest absolute Gasteiger partial charge is 0.200 e. The van der Waals surface area contributed by atoms with Crippen LogP contribution >= 0.6 is 0 Å². The van der Waals surface area contributed by atoms with Crippen LogP contribution in [0.1, 0.15) is 81.1 Å². The molecular formula is C25H34O5. The maximum Gasteiger partial charge on any atom is 0.200 e. The highest BCUT2D eigenvalue weighted by Crippen LogP contribution is 2.31. The van der Waals surface area contributed by atoms with Crippen molar-refractivity contribution in [3.63, 3.8) is 0 Å². The van der Waals surface area contributed by atoms with E-state index in [0.29, 0.717) is 35.8 Å². The summed E-state index contributed by atoms with van der Waals surface area (Å²) in [5.74, 6) is 0.556. The van der Waals surface area contributed by atoms with Crippen LogP contribution in [0.25, 0.3) is 0 Å². The van der Waals surface area contributed by atoms with Crippen molar-refractivity contribution in [3.05, 3.63) is 47.5 Å². The van der Waals surface area contributed by atoms with E-state index >= 15 is 0 Å². The molecule has 0 aliphatic carbocycles. The summed E-state index contributed by atoms with van der Waals surface area (Å²) in [7, 11) is 0. The highest BCUT2D eigenvalue weighted by atomic mass is 16.5. The summed E-state index contributed by atoms with van der Waals surface area (Å²) in [5.41, 5.74) is 0.731. The number of ether oxygens (including phenoxy) is 2. The molecule has 5 nitrogen and oxygen atoms in total. The van der Waals surface area contributed by atoms with Gasteiger partial charge >= 0.3 is 0 Å². The van der Waals surface area contributed by atoms with Crippen LogP contribution < -0.4 is 9.47 Å². The van der Waals surface area contributed by atoms with Gasteiger partial charge in [0.2, 0.25) is 0 Å². The molecule has 2 rings (SSSR count). The molecule has 0 aromatic heterocycles. The fourth-order valence-electron chi connectivity index (χ4n) is 3.20. The molecule has 0 atom stereocenters. The SMILES string of the molecule is CCCCCCOc1cc(O)ccc1C(=O)c1ccc(O)cc1OCCCCCC. The number of phenols is 2. The Morgan fingerprint density at radius 1 is 0.700 bits per heavy atom. The number of aromatic hydroxyl groups is 2. The van der Waals surface area contributed by atoms with Gasteiger partial charge in [-0.25, -0.2) is 0 Å². The molecule has 0 spiro atoms. The summed E-state index contributed by atoms with van der Waals surface area (Å²) in [6.45, 7) is 5.27. The number of hydrogen-bond acceptors (Lipinski definition) is 5. The number of unbranched alkanes of at least 4 members (excludes halogenated alkanes) is 6. The number of carbonyl (C=O) groups excluding carboxylic acids is 1. The largest absolute Gasteiger partial charge is 0.508 e. The van der Waals surface area contributed by atoms with E-state index in [0.717, 1.165) is 51.4 Å². The van der Waals surface area contributed by atoms with Crippen molar-refractivity contribution in [1.82, 2.24) is 0 Å². The minimum atomic E-state index is -0.262. The average molecular weight is 415 g/mol. The van der Waals surface area contributed by atoms with E-state index in [9.17, 15) is 15.0 Å². The van der Waals surface area contributed by atoms with Crippen LogP contribution in [-0.4, -0.2) is 29.2 Å². The monoisotopic (exact) mass is 414 g/mol. The Kier molecular flexibility index (Phi) is 10.1. The fourth-order valence-corrected chi connectivity index (χ4v) is 3.20. The first-order valence-electron chi connectivity index (χ1n) is 11.0. The van der Waals surface area contributed by atoms with Gasteiger partial charge < -0.3 is 19.7 Å². The third kappa shape index (κ3) is 7.29. The number of phenolic OH excluding ortho intramolecular Hbond substituents is 2. The van der Waals surface area contributed by atoms with Gasteiger partial charge in [-0.1, -0.05) is 52.4 Å². The minimum Gasteiger partial charge on any atom is -0.508 e. The lowest BCUT2D eigenvalue weighted by atomic mass is 10.0. The predicted octanol–water partition coefficient (Wildman–Crippen LogP) is 6.25. The van der Waals surface area contributed by atoms with Crippen LogP contribution in [0, 0.1) is 0 Å². The molecule has 0 amide bonds. The topological polar surface area (TPSA) is 76.0 Å². The highest BCUT2D eigenvalue weighted by Gasteiger charge is 2.20. The summed E-state index contributed by atoms with van der Waals surface area (Å²) in [6, 6.07) is 9.02. The van der Waals surface area contributed by atoms with E-state index in [1.807, 2.05) is 0 Å². The van der Waals surface area contributed by atoms with Crippen molar-refractivity contribution in [2.24, 2.45) is 0 Å². The first-order valence-corrected chi connectivity index (χ1v) is 11.0. The summed E-state index contributed by atoms with van der Waals surface area (Å²) in [5, 5.41) is 19.7. The Balaban J connectivity index is 2.17. The molecule has 2 aromatic carbocycles. The maximum atomic E-state index is 13.3. The lowest BCUT2D eigenvalue weighted by molar-refractivity contribution is 0.103. The standard InChI is InChI=1S/C25H34O5/c1-3-5-7-9-15-29-23-17-19(26)11-13-21(23)25(28)22-14-12-20(27)18-24(22)30-16-10-8-6-4-2/h11-14,17-18,26-27H,3-10,15-16H2,1-2H3.